The van der Waals surface area contributed by atoms with Crippen molar-refractivity contribution in [2.45, 2.75) is 19.8 Å². The second-order valence-electron chi connectivity index (χ2n) is 3.61. The summed E-state index contributed by atoms with van der Waals surface area (Å²) in [5.74, 6) is 1.22. The number of rotatable bonds is 4. The van der Waals surface area contributed by atoms with E-state index in [1.54, 1.807) is 0 Å². The van der Waals surface area contributed by atoms with E-state index in [2.05, 4.69) is 30.2 Å². The first-order chi connectivity index (χ1) is 6.25. The molecule has 1 rings (SSSR count). The zero-order valence-electron chi connectivity index (χ0n) is 8.62. The van der Waals surface area contributed by atoms with E-state index in [0.29, 0.717) is 11.8 Å². The molecule has 2 heteroatoms. The molecule has 1 aromatic heterocycles. The summed E-state index contributed by atoms with van der Waals surface area (Å²) in [7, 11) is 1.99. The average molecular weight is 178 g/mol. The van der Waals surface area contributed by atoms with Gasteiger partial charge in [0.05, 0.1) is 0 Å². The largest absolute Gasteiger partial charge is 0.319 e. The fourth-order valence-electron chi connectivity index (χ4n) is 1.47. The van der Waals surface area contributed by atoms with E-state index in [0.717, 1.165) is 6.54 Å². The molecule has 2 unspecified atom stereocenters. The predicted octanol–water partition coefficient (Wildman–Crippen LogP) is 2.04. The van der Waals surface area contributed by atoms with Gasteiger partial charge >= 0.3 is 0 Å². The van der Waals surface area contributed by atoms with Gasteiger partial charge in [-0.3, -0.25) is 4.98 Å². The van der Waals surface area contributed by atoms with Crippen LogP contribution >= 0.6 is 0 Å². The fourth-order valence-corrected chi connectivity index (χ4v) is 1.47. The van der Waals surface area contributed by atoms with Crippen molar-refractivity contribution >= 4 is 0 Å². The summed E-state index contributed by atoms with van der Waals surface area (Å²) in [6, 6.07) is 4.14. The van der Waals surface area contributed by atoms with Gasteiger partial charge in [-0.15, -0.1) is 0 Å². The van der Waals surface area contributed by atoms with Crippen LogP contribution in [0.1, 0.15) is 25.3 Å². The van der Waals surface area contributed by atoms with E-state index in [-0.39, 0.29) is 0 Å². The molecule has 0 amide bonds. The number of hydrogen-bond donors (Lipinski definition) is 1. The van der Waals surface area contributed by atoms with Gasteiger partial charge in [-0.05, 0) is 37.1 Å². The van der Waals surface area contributed by atoms with Crippen molar-refractivity contribution in [1.29, 1.82) is 0 Å². The van der Waals surface area contributed by atoms with Gasteiger partial charge in [0.25, 0.3) is 0 Å². The average Bonchev–Trinajstić information content (AvgIpc) is 2.18. The Bertz CT molecular complexity index is 233. The maximum Gasteiger partial charge on any atom is 0.0302 e. The van der Waals surface area contributed by atoms with E-state index in [1.165, 1.54) is 5.56 Å². The van der Waals surface area contributed by atoms with Crippen LogP contribution in [0, 0.1) is 5.92 Å². The zero-order valence-corrected chi connectivity index (χ0v) is 8.62. The third kappa shape index (κ3) is 2.81. The fraction of sp³-hybridized carbons (Fsp3) is 0.545. The molecule has 1 aromatic rings. The monoisotopic (exact) mass is 178 g/mol. The molecule has 0 bridgehead atoms. The molecule has 0 aromatic carbocycles. The highest BCUT2D eigenvalue weighted by Crippen LogP contribution is 2.22. The third-order valence-electron chi connectivity index (χ3n) is 2.59. The summed E-state index contributed by atoms with van der Waals surface area (Å²) < 4.78 is 0. The molecule has 0 saturated heterocycles. The summed E-state index contributed by atoms with van der Waals surface area (Å²) in [5.41, 5.74) is 1.32. The van der Waals surface area contributed by atoms with Gasteiger partial charge in [0.2, 0.25) is 0 Å². The molecule has 0 fully saturated rings. The summed E-state index contributed by atoms with van der Waals surface area (Å²) in [6.45, 7) is 5.56. The number of nitrogens with zero attached hydrogens (tertiary/aromatic N) is 1. The topological polar surface area (TPSA) is 24.9 Å². The number of pyridine rings is 1. The minimum absolute atomic E-state index is 0.571. The summed E-state index contributed by atoms with van der Waals surface area (Å²) in [5, 5.41) is 3.20. The Hall–Kier alpha value is -0.890. The van der Waals surface area contributed by atoms with Crippen LogP contribution in [0.2, 0.25) is 0 Å². The van der Waals surface area contributed by atoms with Gasteiger partial charge in [0, 0.05) is 12.4 Å². The standard InChI is InChI=1S/C11H18N2/c1-9(7-12-3)10(2)11-5-4-6-13-8-11/h4-6,8-10,12H,7H2,1-3H3. The van der Waals surface area contributed by atoms with Crippen molar-refractivity contribution in [3.8, 4) is 0 Å². The van der Waals surface area contributed by atoms with E-state index in [9.17, 15) is 0 Å². The number of aromatic nitrogens is 1. The van der Waals surface area contributed by atoms with Crippen molar-refractivity contribution < 1.29 is 0 Å². The zero-order chi connectivity index (χ0) is 9.68. The van der Waals surface area contributed by atoms with Crippen LogP contribution in [-0.2, 0) is 0 Å². The van der Waals surface area contributed by atoms with Crippen molar-refractivity contribution in [3.63, 3.8) is 0 Å². The lowest BCUT2D eigenvalue weighted by Gasteiger charge is -2.19. The summed E-state index contributed by atoms with van der Waals surface area (Å²) in [6.07, 6.45) is 3.77. The highest BCUT2D eigenvalue weighted by atomic mass is 14.8. The lowest BCUT2D eigenvalue weighted by molar-refractivity contribution is 0.465. The molecule has 0 saturated carbocycles. The Labute approximate surface area is 80.4 Å². The first kappa shape index (κ1) is 10.2. The quantitative estimate of drug-likeness (QED) is 0.763. The minimum Gasteiger partial charge on any atom is -0.319 e. The maximum absolute atomic E-state index is 4.13. The highest BCUT2D eigenvalue weighted by molar-refractivity contribution is 5.14. The van der Waals surface area contributed by atoms with Crippen LogP contribution in [-0.4, -0.2) is 18.6 Å². The van der Waals surface area contributed by atoms with Crippen LogP contribution in [0.3, 0.4) is 0 Å². The van der Waals surface area contributed by atoms with Crippen molar-refractivity contribution in [2.75, 3.05) is 13.6 Å². The van der Waals surface area contributed by atoms with Gasteiger partial charge in [0.15, 0.2) is 0 Å². The number of hydrogen-bond acceptors (Lipinski definition) is 2. The molecule has 0 spiro atoms. The molecule has 0 aliphatic heterocycles. The van der Waals surface area contributed by atoms with E-state index in [1.807, 2.05) is 25.5 Å². The van der Waals surface area contributed by atoms with Crippen molar-refractivity contribution in [3.05, 3.63) is 30.1 Å². The van der Waals surface area contributed by atoms with Crippen LogP contribution in [0.4, 0.5) is 0 Å². The molecule has 1 heterocycles. The molecule has 2 nitrogen and oxygen atoms in total. The second-order valence-corrected chi connectivity index (χ2v) is 3.61. The first-order valence-corrected chi connectivity index (χ1v) is 4.80. The smallest absolute Gasteiger partial charge is 0.0302 e. The predicted molar refractivity (Wildman–Crippen MR) is 55.7 cm³/mol. The van der Waals surface area contributed by atoms with Crippen molar-refractivity contribution in [1.82, 2.24) is 10.3 Å². The molecule has 0 radical (unpaired) electrons. The molecule has 2 atom stereocenters. The van der Waals surface area contributed by atoms with Crippen molar-refractivity contribution in [2.24, 2.45) is 5.92 Å². The van der Waals surface area contributed by atoms with Crippen LogP contribution in [0.15, 0.2) is 24.5 Å². The molecule has 13 heavy (non-hydrogen) atoms. The van der Waals surface area contributed by atoms with E-state index >= 15 is 0 Å². The Morgan fingerprint density at radius 2 is 2.23 bits per heavy atom. The summed E-state index contributed by atoms with van der Waals surface area (Å²) >= 11 is 0. The van der Waals surface area contributed by atoms with E-state index in [4.69, 9.17) is 0 Å². The number of nitrogens with one attached hydrogen (secondary N) is 1. The third-order valence-corrected chi connectivity index (χ3v) is 2.59. The summed E-state index contributed by atoms with van der Waals surface area (Å²) in [4.78, 5) is 4.13. The molecule has 0 aliphatic rings. The van der Waals surface area contributed by atoms with Crippen LogP contribution < -0.4 is 5.32 Å². The Morgan fingerprint density at radius 1 is 1.46 bits per heavy atom. The maximum atomic E-state index is 4.13. The molecule has 1 N–H and O–H groups in total. The van der Waals surface area contributed by atoms with Crippen LogP contribution in [0.5, 0.6) is 0 Å². The molecular formula is C11H18N2. The highest BCUT2D eigenvalue weighted by Gasteiger charge is 2.12. The van der Waals surface area contributed by atoms with Crippen LogP contribution in [0.25, 0.3) is 0 Å². The first-order valence-electron chi connectivity index (χ1n) is 4.80. The van der Waals surface area contributed by atoms with Gasteiger partial charge in [-0.2, -0.15) is 0 Å². The normalized spacial score (nSPS) is 15.3. The minimum atomic E-state index is 0.571. The van der Waals surface area contributed by atoms with Gasteiger partial charge in [0.1, 0.15) is 0 Å². The molecular weight excluding hydrogens is 160 g/mol. The van der Waals surface area contributed by atoms with Gasteiger partial charge in [-0.25, -0.2) is 0 Å². The SMILES string of the molecule is CNCC(C)C(C)c1cccnc1. The van der Waals surface area contributed by atoms with Gasteiger partial charge < -0.3 is 5.32 Å². The van der Waals surface area contributed by atoms with E-state index < -0.39 is 0 Å². The molecule has 0 aliphatic carbocycles. The second kappa shape index (κ2) is 4.97. The lowest BCUT2D eigenvalue weighted by Crippen LogP contribution is -2.20. The Morgan fingerprint density at radius 3 is 2.77 bits per heavy atom. The van der Waals surface area contributed by atoms with Gasteiger partial charge in [-0.1, -0.05) is 19.9 Å². The Kier molecular flexibility index (Phi) is 3.90. The molecule has 72 valence electrons. The Balaban J connectivity index is 2.62. The lowest BCUT2D eigenvalue weighted by atomic mass is 9.90.